The van der Waals surface area contributed by atoms with Crippen molar-refractivity contribution < 1.29 is 17.9 Å². The Morgan fingerprint density at radius 1 is 1.21 bits per heavy atom. The van der Waals surface area contributed by atoms with Crippen molar-refractivity contribution in [1.82, 2.24) is 4.98 Å². The van der Waals surface area contributed by atoms with E-state index in [1.54, 1.807) is 18.3 Å². The van der Waals surface area contributed by atoms with E-state index in [1.165, 1.54) is 48.8 Å². The number of sulfonamides is 1. The van der Waals surface area contributed by atoms with Crippen LogP contribution in [0.4, 0.5) is 10.8 Å². The number of anilines is 2. The lowest BCUT2D eigenvalue weighted by Gasteiger charge is -2.12. The van der Waals surface area contributed by atoms with Crippen LogP contribution >= 0.6 is 22.9 Å². The fourth-order valence-corrected chi connectivity index (χ4v) is 4.29. The summed E-state index contributed by atoms with van der Waals surface area (Å²) in [4.78, 5) is 17.4. The molecule has 2 N–H and O–H groups in total. The molecule has 3 aromatic rings. The van der Waals surface area contributed by atoms with Gasteiger partial charge in [0, 0.05) is 21.7 Å². The highest BCUT2D eigenvalue weighted by Crippen LogP contribution is 2.30. The number of nitrogens with zero attached hydrogens (tertiary/aromatic N) is 1. The maximum atomic E-state index is 12.8. The van der Waals surface area contributed by atoms with Crippen LogP contribution in [0.5, 0.6) is 5.75 Å². The molecular formula is C18H16ClN3O4S2. The van der Waals surface area contributed by atoms with Gasteiger partial charge in [-0.15, -0.1) is 11.3 Å². The van der Waals surface area contributed by atoms with E-state index in [4.69, 9.17) is 16.3 Å². The van der Waals surface area contributed by atoms with Crippen LogP contribution in [-0.4, -0.2) is 26.4 Å². The van der Waals surface area contributed by atoms with E-state index in [0.717, 1.165) is 4.88 Å². The molecule has 0 fully saturated rings. The molecule has 2 aromatic carbocycles. The van der Waals surface area contributed by atoms with Crippen molar-refractivity contribution in [2.75, 3.05) is 17.1 Å². The fraction of sp³-hybridized carbons (Fsp3) is 0.111. The van der Waals surface area contributed by atoms with E-state index < -0.39 is 15.9 Å². The highest BCUT2D eigenvalue weighted by molar-refractivity contribution is 7.92. The smallest absolute Gasteiger partial charge is 0.262 e. The molecule has 1 heterocycles. The number of carbonyl (C=O) groups excluding carboxylic acids is 1. The Kier molecular flexibility index (Phi) is 5.87. The van der Waals surface area contributed by atoms with Crippen molar-refractivity contribution >= 4 is 49.7 Å². The standard InChI is InChI=1S/C18H16ClN3O4S2/c1-11-10-20-18(27-11)21-17(23)12-4-3-5-14(8-12)28(24,25)22-15-9-13(19)6-7-16(15)26-2/h3-10,22H,1-2H3,(H,20,21,23). The number of amides is 1. The summed E-state index contributed by atoms with van der Waals surface area (Å²) in [6.45, 7) is 1.87. The first-order valence-electron chi connectivity index (χ1n) is 7.99. The molecule has 0 aliphatic heterocycles. The van der Waals surface area contributed by atoms with Gasteiger partial charge in [0.1, 0.15) is 5.75 Å². The third-order valence-electron chi connectivity index (χ3n) is 3.65. The van der Waals surface area contributed by atoms with Gasteiger partial charge in [-0.3, -0.25) is 14.8 Å². The minimum Gasteiger partial charge on any atom is -0.495 e. The number of carbonyl (C=O) groups is 1. The van der Waals surface area contributed by atoms with E-state index in [1.807, 2.05) is 6.92 Å². The second-order valence-electron chi connectivity index (χ2n) is 5.71. The number of benzene rings is 2. The van der Waals surface area contributed by atoms with Crippen molar-refractivity contribution in [2.24, 2.45) is 0 Å². The van der Waals surface area contributed by atoms with Crippen LogP contribution < -0.4 is 14.8 Å². The van der Waals surface area contributed by atoms with Crippen molar-refractivity contribution in [2.45, 2.75) is 11.8 Å². The molecule has 0 spiro atoms. The van der Waals surface area contributed by atoms with E-state index in [2.05, 4.69) is 15.0 Å². The molecule has 3 rings (SSSR count). The number of thiazole rings is 1. The Balaban J connectivity index is 1.86. The number of rotatable bonds is 6. The maximum absolute atomic E-state index is 12.8. The number of aryl methyl sites for hydroxylation is 1. The Morgan fingerprint density at radius 2 is 2.00 bits per heavy atom. The molecule has 0 radical (unpaired) electrons. The van der Waals surface area contributed by atoms with Crippen molar-refractivity contribution in [3.8, 4) is 5.75 Å². The van der Waals surface area contributed by atoms with Gasteiger partial charge in [-0.2, -0.15) is 0 Å². The fourth-order valence-electron chi connectivity index (χ4n) is 2.35. The molecule has 28 heavy (non-hydrogen) atoms. The molecule has 0 atom stereocenters. The predicted octanol–water partition coefficient (Wildman–Crippen LogP) is 4.17. The lowest BCUT2D eigenvalue weighted by Crippen LogP contribution is -2.16. The molecule has 0 bridgehead atoms. The Bertz CT molecular complexity index is 1130. The van der Waals surface area contributed by atoms with Crippen LogP contribution in [0.25, 0.3) is 0 Å². The topological polar surface area (TPSA) is 97.4 Å². The second-order valence-corrected chi connectivity index (χ2v) is 9.06. The summed E-state index contributed by atoms with van der Waals surface area (Å²) in [6.07, 6.45) is 1.64. The molecule has 0 saturated carbocycles. The maximum Gasteiger partial charge on any atom is 0.262 e. The van der Waals surface area contributed by atoms with E-state index in [-0.39, 0.29) is 16.1 Å². The zero-order valence-corrected chi connectivity index (χ0v) is 17.3. The average molecular weight is 438 g/mol. The van der Waals surface area contributed by atoms with Crippen LogP contribution in [0.15, 0.2) is 53.6 Å². The molecular weight excluding hydrogens is 422 g/mol. The SMILES string of the molecule is COc1ccc(Cl)cc1NS(=O)(=O)c1cccc(C(=O)Nc2ncc(C)s2)c1. The molecule has 1 aromatic heterocycles. The minimum absolute atomic E-state index is 0.0718. The molecule has 7 nitrogen and oxygen atoms in total. The van der Waals surface area contributed by atoms with Crippen LogP contribution in [0, 0.1) is 6.92 Å². The number of hydrogen-bond donors (Lipinski definition) is 2. The van der Waals surface area contributed by atoms with Gasteiger partial charge >= 0.3 is 0 Å². The predicted molar refractivity (Wildman–Crippen MR) is 110 cm³/mol. The monoisotopic (exact) mass is 437 g/mol. The number of nitrogens with one attached hydrogen (secondary N) is 2. The van der Waals surface area contributed by atoms with Crippen molar-refractivity contribution in [3.63, 3.8) is 0 Å². The quantitative estimate of drug-likeness (QED) is 0.603. The lowest BCUT2D eigenvalue weighted by molar-refractivity contribution is 0.102. The molecule has 0 saturated heterocycles. The van der Waals surface area contributed by atoms with E-state index in [9.17, 15) is 13.2 Å². The molecule has 0 aliphatic carbocycles. The summed E-state index contributed by atoms with van der Waals surface area (Å²) in [5, 5.41) is 3.44. The van der Waals surface area contributed by atoms with Crippen molar-refractivity contribution in [1.29, 1.82) is 0 Å². The average Bonchev–Trinajstić information content (AvgIpc) is 3.06. The molecule has 1 amide bonds. The first-order chi connectivity index (χ1) is 13.3. The summed E-state index contributed by atoms with van der Waals surface area (Å²) in [5.74, 6) is -0.132. The van der Waals surface area contributed by atoms with E-state index >= 15 is 0 Å². The third kappa shape index (κ3) is 4.61. The lowest BCUT2D eigenvalue weighted by atomic mass is 10.2. The summed E-state index contributed by atoms with van der Waals surface area (Å²) >= 11 is 7.27. The van der Waals surface area contributed by atoms with Crippen molar-refractivity contribution in [3.05, 3.63) is 64.1 Å². The van der Waals surface area contributed by atoms with Crippen LogP contribution in [0.2, 0.25) is 5.02 Å². The van der Waals surface area contributed by atoms with Crippen LogP contribution in [0.1, 0.15) is 15.2 Å². The Labute approximate surface area is 171 Å². The number of aromatic nitrogens is 1. The molecule has 146 valence electrons. The van der Waals surface area contributed by atoms with Gasteiger partial charge < -0.3 is 4.74 Å². The highest BCUT2D eigenvalue weighted by Gasteiger charge is 2.19. The highest BCUT2D eigenvalue weighted by atomic mass is 35.5. The summed E-state index contributed by atoms with van der Waals surface area (Å²) in [6, 6.07) is 10.3. The van der Waals surface area contributed by atoms with Gasteiger partial charge in [0.15, 0.2) is 5.13 Å². The van der Waals surface area contributed by atoms with E-state index in [0.29, 0.717) is 15.9 Å². The van der Waals surface area contributed by atoms with Crippen LogP contribution in [-0.2, 0) is 10.0 Å². The summed E-state index contributed by atoms with van der Waals surface area (Å²) in [7, 11) is -2.55. The van der Waals surface area contributed by atoms with Gasteiger partial charge in [0.2, 0.25) is 0 Å². The zero-order chi connectivity index (χ0) is 20.3. The molecule has 0 aliphatic rings. The van der Waals surface area contributed by atoms with Gasteiger partial charge in [-0.25, -0.2) is 13.4 Å². The number of hydrogen-bond acceptors (Lipinski definition) is 6. The first kappa shape index (κ1) is 20.1. The van der Waals surface area contributed by atoms with Gasteiger partial charge in [0.25, 0.3) is 15.9 Å². The van der Waals surface area contributed by atoms with Gasteiger partial charge in [0.05, 0.1) is 17.7 Å². The Hall–Kier alpha value is -2.62. The molecule has 10 heteroatoms. The number of halogens is 1. The van der Waals surface area contributed by atoms with Gasteiger partial charge in [-0.05, 0) is 43.3 Å². The summed E-state index contributed by atoms with van der Waals surface area (Å²) < 4.78 is 33.1. The van der Waals surface area contributed by atoms with Gasteiger partial charge in [-0.1, -0.05) is 17.7 Å². The first-order valence-corrected chi connectivity index (χ1v) is 10.7. The summed E-state index contributed by atoms with van der Waals surface area (Å²) in [5.41, 5.74) is 0.386. The zero-order valence-electron chi connectivity index (χ0n) is 14.9. The normalized spacial score (nSPS) is 11.1. The minimum atomic E-state index is -3.97. The number of ether oxygens (including phenoxy) is 1. The van der Waals surface area contributed by atoms with Crippen LogP contribution in [0.3, 0.4) is 0 Å². The number of methoxy groups -OCH3 is 1. The largest absolute Gasteiger partial charge is 0.495 e. The molecule has 0 unspecified atom stereocenters. The second kappa shape index (κ2) is 8.17. The third-order valence-corrected chi connectivity index (χ3v) is 6.08. The Morgan fingerprint density at radius 3 is 2.68 bits per heavy atom.